The van der Waals surface area contributed by atoms with Crippen LogP contribution in [0.1, 0.15) is 28.8 Å². The Bertz CT molecular complexity index is 698. The van der Waals surface area contributed by atoms with Gasteiger partial charge >= 0.3 is 0 Å². The summed E-state index contributed by atoms with van der Waals surface area (Å²) in [5.74, 6) is 0.835. The van der Waals surface area contributed by atoms with Gasteiger partial charge in [-0.15, -0.1) is 0 Å². The van der Waals surface area contributed by atoms with Crippen LogP contribution in [0.4, 0.5) is 0 Å². The summed E-state index contributed by atoms with van der Waals surface area (Å²) in [5.41, 5.74) is 1.84. The number of hydrogen-bond donors (Lipinski definition) is 1. The fourth-order valence-corrected chi connectivity index (χ4v) is 3.15. The van der Waals surface area contributed by atoms with E-state index in [-0.39, 0.29) is 11.9 Å². The summed E-state index contributed by atoms with van der Waals surface area (Å²) in [7, 11) is 3.50. The molecular weight excluding hydrogens is 304 g/mol. The van der Waals surface area contributed by atoms with Crippen molar-refractivity contribution in [3.63, 3.8) is 0 Å². The number of aryl methyl sites for hydroxylation is 1. The normalized spacial score (nSPS) is 18.3. The summed E-state index contributed by atoms with van der Waals surface area (Å²) < 4.78 is 6.93. The number of carbonyl (C=O) groups is 1. The average molecular weight is 328 g/mol. The summed E-state index contributed by atoms with van der Waals surface area (Å²) in [5, 5.41) is 7.18. The van der Waals surface area contributed by atoms with E-state index >= 15 is 0 Å². The Morgan fingerprint density at radius 2 is 2.33 bits per heavy atom. The first-order valence-corrected chi connectivity index (χ1v) is 8.29. The maximum absolute atomic E-state index is 12.3. The Hall–Kier alpha value is -2.34. The van der Waals surface area contributed by atoms with Gasteiger partial charge in [-0.1, -0.05) is 12.1 Å². The maximum Gasteiger partial charge on any atom is 0.254 e. The minimum Gasteiger partial charge on any atom is -0.497 e. The highest BCUT2D eigenvalue weighted by molar-refractivity contribution is 5.93. The lowest BCUT2D eigenvalue weighted by atomic mass is 10.0. The van der Waals surface area contributed by atoms with Gasteiger partial charge in [-0.2, -0.15) is 5.10 Å². The van der Waals surface area contributed by atoms with Crippen molar-refractivity contribution in [1.29, 1.82) is 0 Å². The van der Waals surface area contributed by atoms with Crippen molar-refractivity contribution in [3.05, 3.63) is 47.8 Å². The van der Waals surface area contributed by atoms with Crippen LogP contribution in [0.25, 0.3) is 0 Å². The van der Waals surface area contributed by atoms with E-state index in [2.05, 4.69) is 27.4 Å². The maximum atomic E-state index is 12.3. The first-order valence-electron chi connectivity index (χ1n) is 8.29. The molecule has 24 heavy (non-hydrogen) atoms. The monoisotopic (exact) mass is 328 g/mol. The third-order valence-corrected chi connectivity index (χ3v) is 4.35. The summed E-state index contributed by atoms with van der Waals surface area (Å²) in [6.07, 6.45) is 5.45. The lowest BCUT2D eigenvalue weighted by Crippen LogP contribution is -2.47. The zero-order chi connectivity index (χ0) is 16.9. The van der Waals surface area contributed by atoms with Crippen LogP contribution < -0.4 is 10.1 Å². The first kappa shape index (κ1) is 16.5. The van der Waals surface area contributed by atoms with Crippen molar-refractivity contribution in [3.8, 4) is 5.75 Å². The van der Waals surface area contributed by atoms with Gasteiger partial charge in [0.05, 0.1) is 18.9 Å². The number of likely N-dealkylation sites (tertiary alicyclic amines) is 1. The number of nitrogens with one attached hydrogen (secondary N) is 1. The molecule has 1 aromatic heterocycles. The number of rotatable bonds is 5. The molecule has 1 atom stereocenters. The van der Waals surface area contributed by atoms with Crippen molar-refractivity contribution in [2.45, 2.75) is 25.4 Å². The fourth-order valence-electron chi connectivity index (χ4n) is 3.15. The average Bonchev–Trinajstić information content (AvgIpc) is 3.02. The fraction of sp³-hybridized carbons (Fsp3) is 0.444. The molecule has 6 nitrogen and oxygen atoms in total. The van der Waals surface area contributed by atoms with Gasteiger partial charge in [0.1, 0.15) is 5.75 Å². The molecular formula is C18H24N4O2. The van der Waals surface area contributed by atoms with E-state index in [0.717, 1.165) is 38.2 Å². The summed E-state index contributed by atoms with van der Waals surface area (Å²) in [6, 6.07) is 8.33. The standard InChI is InChI=1S/C18H24N4O2/c1-21-12-15(10-19-21)18(23)20-16-6-4-8-22(13-16)11-14-5-3-7-17(9-14)24-2/h3,5,7,9-10,12,16H,4,6,8,11,13H2,1-2H3,(H,20,23). The van der Waals surface area contributed by atoms with Crippen LogP contribution in [-0.2, 0) is 13.6 Å². The van der Waals surface area contributed by atoms with Crippen LogP contribution in [0, 0.1) is 0 Å². The number of methoxy groups -OCH3 is 1. The number of aromatic nitrogens is 2. The molecule has 1 unspecified atom stereocenters. The molecule has 1 N–H and O–H groups in total. The van der Waals surface area contributed by atoms with E-state index in [1.165, 1.54) is 5.56 Å². The molecule has 1 aliphatic rings. The Morgan fingerprint density at radius 1 is 1.46 bits per heavy atom. The number of nitrogens with zero attached hydrogens (tertiary/aromatic N) is 3. The summed E-state index contributed by atoms with van der Waals surface area (Å²) in [4.78, 5) is 14.7. The van der Waals surface area contributed by atoms with Gasteiger partial charge in [0, 0.05) is 32.4 Å². The highest BCUT2D eigenvalue weighted by Gasteiger charge is 2.22. The number of amides is 1. The van der Waals surface area contributed by atoms with Crippen molar-refractivity contribution < 1.29 is 9.53 Å². The largest absolute Gasteiger partial charge is 0.497 e. The molecule has 0 aliphatic carbocycles. The zero-order valence-electron chi connectivity index (χ0n) is 14.2. The van der Waals surface area contributed by atoms with E-state index in [0.29, 0.717) is 5.56 Å². The molecule has 0 saturated carbocycles. The number of hydrogen-bond acceptors (Lipinski definition) is 4. The van der Waals surface area contributed by atoms with Crippen molar-refractivity contribution in [1.82, 2.24) is 20.0 Å². The Balaban J connectivity index is 1.56. The van der Waals surface area contributed by atoms with Crippen LogP contribution in [0.5, 0.6) is 5.75 Å². The van der Waals surface area contributed by atoms with E-state index in [1.807, 2.05) is 19.2 Å². The first-order chi connectivity index (χ1) is 11.6. The van der Waals surface area contributed by atoms with E-state index in [9.17, 15) is 4.79 Å². The van der Waals surface area contributed by atoms with Gasteiger partial charge in [-0.25, -0.2) is 0 Å². The molecule has 2 aromatic rings. The molecule has 2 heterocycles. The summed E-state index contributed by atoms with van der Waals surface area (Å²) in [6.45, 7) is 2.79. The third kappa shape index (κ3) is 4.14. The van der Waals surface area contributed by atoms with Gasteiger partial charge in [0.2, 0.25) is 0 Å². The van der Waals surface area contributed by atoms with Crippen LogP contribution >= 0.6 is 0 Å². The molecule has 0 radical (unpaired) electrons. The SMILES string of the molecule is COc1cccc(CN2CCCC(NC(=O)c3cnn(C)c3)C2)c1. The highest BCUT2D eigenvalue weighted by Crippen LogP contribution is 2.17. The van der Waals surface area contributed by atoms with Crippen LogP contribution in [-0.4, -0.2) is 46.8 Å². The summed E-state index contributed by atoms with van der Waals surface area (Å²) >= 11 is 0. The lowest BCUT2D eigenvalue weighted by molar-refractivity contribution is 0.0900. The molecule has 1 amide bonds. The predicted molar refractivity (Wildman–Crippen MR) is 92.0 cm³/mol. The minimum atomic E-state index is -0.0451. The number of ether oxygens (including phenoxy) is 1. The Labute approximate surface area is 142 Å². The van der Waals surface area contributed by atoms with Gasteiger partial charge in [0.15, 0.2) is 0 Å². The van der Waals surface area contributed by atoms with Gasteiger partial charge in [0.25, 0.3) is 5.91 Å². The number of benzene rings is 1. The lowest BCUT2D eigenvalue weighted by Gasteiger charge is -2.33. The predicted octanol–water partition coefficient (Wildman–Crippen LogP) is 1.82. The van der Waals surface area contributed by atoms with Crippen LogP contribution in [0.2, 0.25) is 0 Å². The van der Waals surface area contributed by atoms with Crippen molar-refractivity contribution in [2.75, 3.05) is 20.2 Å². The molecule has 1 aliphatic heterocycles. The Morgan fingerprint density at radius 3 is 3.08 bits per heavy atom. The molecule has 1 fully saturated rings. The second-order valence-corrected chi connectivity index (χ2v) is 6.30. The Kier molecular flexibility index (Phi) is 5.15. The van der Waals surface area contributed by atoms with E-state index < -0.39 is 0 Å². The van der Waals surface area contributed by atoms with Crippen molar-refractivity contribution in [2.24, 2.45) is 7.05 Å². The quantitative estimate of drug-likeness (QED) is 0.910. The molecule has 1 aromatic carbocycles. The highest BCUT2D eigenvalue weighted by atomic mass is 16.5. The van der Waals surface area contributed by atoms with Gasteiger partial charge < -0.3 is 10.1 Å². The van der Waals surface area contributed by atoms with E-state index in [4.69, 9.17) is 4.74 Å². The molecule has 3 rings (SSSR count). The third-order valence-electron chi connectivity index (χ3n) is 4.35. The second kappa shape index (κ2) is 7.49. The molecule has 128 valence electrons. The molecule has 0 spiro atoms. The second-order valence-electron chi connectivity index (χ2n) is 6.30. The topological polar surface area (TPSA) is 59.4 Å². The number of carbonyl (C=O) groups excluding carboxylic acids is 1. The van der Waals surface area contributed by atoms with Crippen LogP contribution in [0.3, 0.4) is 0 Å². The zero-order valence-corrected chi connectivity index (χ0v) is 14.2. The van der Waals surface area contributed by atoms with Gasteiger partial charge in [-0.05, 0) is 37.1 Å². The minimum absolute atomic E-state index is 0.0451. The molecule has 1 saturated heterocycles. The smallest absolute Gasteiger partial charge is 0.254 e. The van der Waals surface area contributed by atoms with Crippen molar-refractivity contribution >= 4 is 5.91 Å². The number of piperidine rings is 1. The molecule has 0 bridgehead atoms. The van der Waals surface area contributed by atoms with Gasteiger partial charge in [-0.3, -0.25) is 14.4 Å². The van der Waals surface area contributed by atoms with E-state index in [1.54, 1.807) is 24.2 Å². The molecule has 6 heteroatoms. The van der Waals surface area contributed by atoms with Crippen LogP contribution in [0.15, 0.2) is 36.7 Å².